The van der Waals surface area contributed by atoms with Crippen LogP contribution in [-0.4, -0.2) is 37.4 Å². The van der Waals surface area contributed by atoms with E-state index in [2.05, 4.69) is 28.2 Å². The van der Waals surface area contributed by atoms with Gasteiger partial charge >= 0.3 is 5.97 Å². The lowest BCUT2D eigenvalue weighted by molar-refractivity contribution is -0.145. The molecule has 4 aromatic rings. The van der Waals surface area contributed by atoms with Gasteiger partial charge in [-0.2, -0.15) is 9.61 Å². The van der Waals surface area contributed by atoms with E-state index >= 15 is 0 Å². The van der Waals surface area contributed by atoms with Crippen molar-refractivity contribution in [3.8, 4) is 10.6 Å². The molecule has 154 valence electrons. The Morgan fingerprint density at radius 2 is 2.13 bits per heavy atom. The zero-order valence-corrected chi connectivity index (χ0v) is 17.8. The molecular formula is C22H23N5O2S. The van der Waals surface area contributed by atoms with Gasteiger partial charge in [0.15, 0.2) is 11.5 Å². The predicted octanol–water partition coefficient (Wildman–Crippen LogP) is 4.09. The summed E-state index contributed by atoms with van der Waals surface area (Å²) in [4.78, 5) is 18.1. The fourth-order valence-corrected chi connectivity index (χ4v) is 4.13. The summed E-state index contributed by atoms with van der Waals surface area (Å²) in [6.45, 7) is 4.23. The van der Waals surface area contributed by atoms with Crippen LogP contribution in [0.5, 0.6) is 0 Å². The number of pyridine rings is 1. The van der Waals surface area contributed by atoms with Gasteiger partial charge in [-0.15, -0.1) is 21.5 Å². The first-order chi connectivity index (χ1) is 14.7. The molecule has 30 heavy (non-hydrogen) atoms. The van der Waals surface area contributed by atoms with E-state index in [1.54, 1.807) is 35.2 Å². The summed E-state index contributed by atoms with van der Waals surface area (Å²) in [6, 6.07) is 9.91. The van der Waals surface area contributed by atoms with Gasteiger partial charge in [0, 0.05) is 18.0 Å². The maximum Gasteiger partial charge on any atom is 0.317 e. The Kier molecular flexibility index (Phi) is 6.13. The van der Waals surface area contributed by atoms with Gasteiger partial charge in [0.1, 0.15) is 11.6 Å². The molecule has 0 aromatic carbocycles. The average molecular weight is 422 g/mol. The third kappa shape index (κ3) is 4.09. The van der Waals surface area contributed by atoms with Crippen molar-refractivity contribution in [3.05, 3.63) is 65.1 Å². The highest BCUT2D eigenvalue weighted by atomic mass is 32.1. The normalized spacial score (nSPS) is 12.2. The Morgan fingerprint density at radius 1 is 1.23 bits per heavy atom. The van der Waals surface area contributed by atoms with E-state index in [1.165, 1.54) is 0 Å². The topological polar surface area (TPSA) is 82.3 Å². The zero-order valence-electron chi connectivity index (χ0n) is 17.0. The van der Waals surface area contributed by atoms with Gasteiger partial charge in [0.2, 0.25) is 0 Å². The number of esters is 1. The molecule has 0 radical (unpaired) electrons. The first kappa shape index (κ1) is 20.2. The summed E-state index contributed by atoms with van der Waals surface area (Å²) in [5.74, 6) is -0.469. The molecule has 7 nitrogen and oxygen atoms in total. The van der Waals surface area contributed by atoms with Crippen molar-refractivity contribution in [2.24, 2.45) is 0 Å². The Labute approximate surface area is 178 Å². The van der Waals surface area contributed by atoms with Gasteiger partial charge < -0.3 is 4.74 Å². The number of aromatic nitrogens is 5. The van der Waals surface area contributed by atoms with Crippen LogP contribution in [0.1, 0.15) is 43.1 Å². The number of ether oxygens (including phenoxy) is 1. The maximum absolute atomic E-state index is 12.9. The third-order valence-electron chi connectivity index (χ3n) is 4.81. The number of carbonyl (C=O) groups excluding carboxylic acids is 1. The average Bonchev–Trinajstić information content (AvgIpc) is 3.43. The van der Waals surface area contributed by atoms with E-state index < -0.39 is 5.92 Å². The van der Waals surface area contributed by atoms with Gasteiger partial charge in [-0.25, -0.2) is 0 Å². The van der Waals surface area contributed by atoms with Crippen molar-refractivity contribution in [2.75, 3.05) is 6.61 Å². The highest BCUT2D eigenvalue weighted by Gasteiger charge is 2.29. The number of hydrogen-bond acceptors (Lipinski definition) is 7. The molecule has 0 aliphatic rings. The van der Waals surface area contributed by atoms with Crippen LogP contribution in [0.25, 0.3) is 16.2 Å². The number of rotatable bonds is 8. The van der Waals surface area contributed by atoms with Gasteiger partial charge in [-0.3, -0.25) is 9.78 Å². The van der Waals surface area contributed by atoms with Crippen LogP contribution in [0.3, 0.4) is 0 Å². The lowest BCUT2D eigenvalue weighted by Gasteiger charge is -2.14. The molecule has 0 spiro atoms. The van der Waals surface area contributed by atoms with Gasteiger partial charge in [-0.1, -0.05) is 25.5 Å². The fraction of sp³-hybridized carbons (Fsp3) is 0.318. The predicted molar refractivity (Wildman–Crippen MR) is 115 cm³/mol. The SMILES string of the molecule is CCCc1cc(-c2cccs2)nn2c(C(Cc3cccnc3)C(=O)OCC)nnc12. The highest BCUT2D eigenvalue weighted by Crippen LogP contribution is 2.28. The zero-order chi connectivity index (χ0) is 20.9. The molecule has 0 aliphatic heterocycles. The second-order valence-electron chi connectivity index (χ2n) is 6.95. The summed E-state index contributed by atoms with van der Waals surface area (Å²) in [7, 11) is 0. The molecule has 0 amide bonds. The maximum atomic E-state index is 12.9. The summed E-state index contributed by atoms with van der Waals surface area (Å²) in [5.41, 5.74) is 3.53. The van der Waals surface area contributed by atoms with Crippen LogP contribution in [0.4, 0.5) is 0 Å². The second kappa shape index (κ2) is 9.13. The molecule has 0 saturated carbocycles. The minimum absolute atomic E-state index is 0.300. The first-order valence-electron chi connectivity index (χ1n) is 10.1. The van der Waals surface area contributed by atoms with Crippen LogP contribution in [-0.2, 0) is 22.4 Å². The Bertz CT molecular complexity index is 1130. The van der Waals surface area contributed by atoms with Gasteiger partial charge in [0.25, 0.3) is 0 Å². The molecule has 4 heterocycles. The second-order valence-corrected chi connectivity index (χ2v) is 7.89. The molecule has 0 saturated heterocycles. The molecule has 1 atom stereocenters. The van der Waals surface area contributed by atoms with Gasteiger partial charge in [0.05, 0.1) is 11.5 Å². The minimum atomic E-state index is -0.621. The lowest BCUT2D eigenvalue weighted by Crippen LogP contribution is -2.21. The third-order valence-corrected chi connectivity index (χ3v) is 5.70. The largest absolute Gasteiger partial charge is 0.465 e. The molecular weight excluding hydrogens is 398 g/mol. The Balaban J connectivity index is 1.84. The van der Waals surface area contributed by atoms with Crippen molar-refractivity contribution in [1.82, 2.24) is 24.8 Å². The Morgan fingerprint density at radius 3 is 2.83 bits per heavy atom. The van der Waals surface area contributed by atoms with E-state index in [0.29, 0.717) is 24.5 Å². The molecule has 0 aliphatic carbocycles. The molecule has 0 N–H and O–H groups in total. The summed E-state index contributed by atoms with van der Waals surface area (Å²) in [5, 5.41) is 15.6. The van der Waals surface area contributed by atoms with E-state index in [9.17, 15) is 4.79 Å². The highest BCUT2D eigenvalue weighted by molar-refractivity contribution is 7.13. The molecule has 8 heteroatoms. The van der Waals surface area contributed by atoms with Crippen molar-refractivity contribution in [3.63, 3.8) is 0 Å². The Hall–Kier alpha value is -3.13. The monoisotopic (exact) mass is 421 g/mol. The van der Waals surface area contributed by atoms with Crippen molar-refractivity contribution >= 4 is 23.0 Å². The van der Waals surface area contributed by atoms with Crippen LogP contribution in [0.15, 0.2) is 48.1 Å². The molecule has 0 bridgehead atoms. The van der Waals surface area contributed by atoms with Crippen LogP contribution in [0.2, 0.25) is 0 Å². The fourth-order valence-electron chi connectivity index (χ4n) is 3.45. The molecule has 4 rings (SSSR count). The van der Waals surface area contributed by atoms with Crippen LogP contribution < -0.4 is 0 Å². The summed E-state index contributed by atoms with van der Waals surface area (Å²) < 4.78 is 7.08. The van der Waals surface area contributed by atoms with Crippen LogP contribution >= 0.6 is 11.3 Å². The van der Waals surface area contributed by atoms with Crippen molar-refractivity contribution in [2.45, 2.75) is 39.0 Å². The van der Waals surface area contributed by atoms with Gasteiger partial charge in [-0.05, 0) is 48.9 Å². The van der Waals surface area contributed by atoms with Crippen molar-refractivity contribution < 1.29 is 9.53 Å². The van der Waals surface area contributed by atoms with Crippen LogP contribution in [0, 0.1) is 0 Å². The molecule has 0 fully saturated rings. The molecule has 1 unspecified atom stereocenters. The number of fused-ring (bicyclic) bond motifs is 1. The van der Waals surface area contributed by atoms with Crippen molar-refractivity contribution in [1.29, 1.82) is 0 Å². The first-order valence-corrected chi connectivity index (χ1v) is 10.9. The lowest BCUT2D eigenvalue weighted by atomic mass is 10.00. The number of nitrogens with zero attached hydrogens (tertiary/aromatic N) is 5. The van der Waals surface area contributed by atoms with E-state index in [0.717, 1.165) is 34.5 Å². The smallest absolute Gasteiger partial charge is 0.317 e. The number of carbonyl (C=O) groups is 1. The summed E-state index contributed by atoms with van der Waals surface area (Å²) in [6.07, 6.45) is 5.71. The number of hydrogen-bond donors (Lipinski definition) is 0. The molecule has 4 aromatic heterocycles. The van der Waals surface area contributed by atoms with E-state index in [-0.39, 0.29) is 5.97 Å². The quantitative estimate of drug-likeness (QED) is 0.399. The minimum Gasteiger partial charge on any atom is -0.465 e. The summed E-state index contributed by atoms with van der Waals surface area (Å²) >= 11 is 1.63. The van der Waals surface area contributed by atoms with E-state index in [4.69, 9.17) is 9.84 Å². The number of thiophene rings is 1. The van der Waals surface area contributed by atoms with E-state index in [1.807, 2.05) is 29.6 Å². The standard InChI is InChI=1S/C22H23N5O2S/c1-3-7-16-13-18(19-9-6-11-30-19)26-27-20(16)24-25-21(27)17(22(28)29-4-2)12-15-8-5-10-23-14-15/h5-6,8-11,13-14,17H,3-4,7,12H2,1-2H3. The number of aryl methyl sites for hydroxylation is 1.